The van der Waals surface area contributed by atoms with Gasteiger partial charge in [-0.15, -0.1) is 0 Å². The lowest BCUT2D eigenvalue weighted by molar-refractivity contribution is -0.133. The minimum Gasteiger partial charge on any atom is -0.393 e. The van der Waals surface area contributed by atoms with Crippen LogP contribution in [0.2, 0.25) is 0 Å². The van der Waals surface area contributed by atoms with Gasteiger partial charge in [-0.2, -0.15) is 9.97 Å². The maximum Gasteiger partial charge on any atom is 0.296 e. The Kier molecular flexibility index (Phi) is 8.50. The van der Waals surface area contributed by atoms with Crippen LogP contribution < -0.4 is 10.2 Å². The number of nitrogens with one attached hydrogen (secondary N) is 1. The van der Waals surface area contributed by atoms with E-state index in [1.807, 2.05) is 9.80 Å². The van der Waals surface area contributed by atoms with Crippen molar-refractivity contribution in [3.63, 3.8) is 0 Å². The number of morpholine rings is 1. The Bertz CT molecular complexity index is 1380. The summed E-state index contributed by atoms with van der Waals surface area (Å²) < 4.78 is 35.2. The highest BCUT2D eigenvalue weighted by atomic mass is 19.3. The summed E-state index contributed by atoms with van der Waals surface area (Å²) in [6.07, 6.45) is 0.388. The van der Waals surface area contributed by atoms with Crippen molar-refractivity contribution in [3.8, 4) is 5.82 Å². The second-order valence-corrected chi connectivity index (χ2v) is 11.3. The van der Waals surface area contributed by atoms with Gasteiger partial charge in [-0.3, -0.25) is 9.36 Å². The van der Waals surface area contributed by atoms with Gasteiger partial charge in [0.15, 0.2) is 5.82 Å². The van der Waals surface area contributed by atoms with E-state index >= 15 is 0 Å². The molecule has 42 heavy (non-hydrogen) atoms. The highest BCUT2D eigenvalue weighted by Gasteiger charge is 2.31. The molecule has 0 radical (unpaired) electrons. The van der Waals surface area contributed by atoms with Crippen molar-refractivity contribution in [1.29, 1.82) is 0 Å². The molecule has 11 nitrogen and oxygen atoms in total. The number of nitrogens with zero attached hydrogens (tertiary/aromatic N) is 7. The summed E-state index contributed by atoms with van der Waals surface area (Å²) in [5.74, 6) is 0.561. The fraction of sp³-hybridized carbons (Fsp3) is 0.586. The van der Waals surface area contributed by atoms with Crippen molar-refractivity contribution in [2.24, 2.45) is 0 Å². The number of fused-ring (bicyclic) bond motifs is 1. The van der Waals surface area contributed by atoms with Gasteiger partial charge in [-0.05, 0) is 44.7 Å². The third-order valence-corrected chi connectivity index (χ3v) is 8.55. The average molecular weight is 585 g/mol. The monoisotopic (exact) mass is 584 g/mol. The van der Waals surface area contributed by atoms with Gasteiger partial charge in [-0.1, -0.05) is 12.1 Å². The Balaban J connectivity index is 1.22. The van der Waals surface area contributed by atoms with Crippen LogP contribution in [-0.4, -0.2) is 111 Å². The predicted molar refractivity (Wildman–Crippen MR) is 154 cm³/mol. The highest BCUT2D eigenvalue weighted by Crippen LogP contribution is 2.29. The van der Waals surface area contributed by atoms with Gasteiger partial charge in [0.2, 0.25) is 11.9 Å². The first-order valence-corrected chi connectivity index (χ1v) is 14.8. The number of carbonyl (C=O) groups excluding carboxylic acids is 1. The summed E-state index contributed by atoms with van der Waals surface area (Å²) in [6.45, 7) is 7.15. The first-order chi connectivity index (χ1) is 20.4. The molecule has 3 saturated heterocycles. The van der Waals surface area contributed by atoms with Crippen molar-refractivity contribution < 1.29 is 23.4 Å². The van der Waals surface area contributed by atoms with Gasteiger partial charge in [0, 0.05) is 51.4 Å². The normalized spacial score (nSPS) is 20.4. The minimum atomic E-state index is -2.81. The average Bonchev–Trinajstić information content (AvgIpc) is 3.42. The molecule has 3 fully saturated rings. The van der Waals surface area contributed by atoms with Crippen LogP contribution in [0.15, 0.2) is 30.3 Å². The molecule has 2 aromatic heterocycles. The van der Waals surface area contributed by atoms with Crippen LogP contribution in [0, 0.1) is 0 Å². The van der Waals surface area contributed by atoms with Gasteiger partial charge in [0.1, 0.15) is 17.7 Å². The molecule has 226 valence electrons. The number of halogens is 2. The standard InChI is InChI=1S/C29H38F2N8O3/c1-19(28(41)38-10-6-20(7-11-38)36-12-8-21(40)9-13-36)32-29-34-24(37-14-16-42-17-15-37)18-25(35-29)39-23-5-3-2-4-22(23)33-27(39)26(30)31/h2-5,18-21,26,40H,6-17H2,1H3,(H,32,34,35)/t19-/m0/s1. The zero-order chi connectivity index (χ0) is 29.2. The number of benzene rings is 1. The van der Waals surface area contributed by atoms with E-state index in [2.05, 4.69) is 20.2 Å². The summed E-state index contributed by atoms with van der Waals surface area (Å²) >= 11 is 0. The number of anilines is 2. The molecule has 0 aliphatic carbocycles. The zero-order valence-electron chi connectivity index (χ0n) is 23.8. The molecule has 13 heteroatoms. The first-order valence-electron chi connectivity index (χ1n) is 14.8. The summed E-state index contributed by atoms with van der Waals surface area (Å²) in [5.41, 5.74) is 0.960. The number of amides is 1. The molecule has 0 spiro atoms. The molecule has 2 N–H and O–H groups in total. The molecule has 0 unspecified atom stereocenters. The Hall–Kier alpha value is -3.42. The summed E-state index contributed by atoms with van der Waals surface area (Å²) in [7, 11) is 0. The van der Waals surface area contributed by atoms with Crippen molar-refractivity contribution >= 4 is 28.7 Å². The van der Waals surface area contributed by atoms with Crippen LogP contribution in [0.3, 0.4) is 0 Å². The number of aliphatic hydroxyl groups excluding tert-OH is 1. The lowest BCUT2D eigenvalue weighted by atomic mass is 9.98. The number of aromatic nitrogens is 4. The van der Waals surface area contributed by atoms with E-state index in [9.17, 15) is 18.7 Å². The van der Waals surface area contributed by atoms with Gasteiger partial charge in [-0.25, -0.2) is 13.8 Å². The molecule has 1 aromatic carbocycles. The van der Waals surface area contributed by atoms with Crippen molar-refractivity contribution in [1.82, 2.24) is 29.3 Å². The maximum atomic E-state index is 14.2. The van der Waals surface area contributed by atoms with Gasteiger partial charge >= 0.3 is 0 Å². The van der Waals surface area contributed by atoms with Gasteiger partial charge < -0.3 is 29.9 Å². The number of likely N-dealkylation sites (tertiary alicyclic amines) is 2. The van der Waals surface area contributed by atoms with E-state index in [-0.39, 0.29) is 23.8 Å². The lowest BCUT2D eigenvalue weighted by Crippen LogP contribution is -2.51. The summed E-state index contributed by atoms with van der Waals surface area (Å²) in [6, 6.07) is 8.46. The molecule has 3 aromatic rings. The number of para-hydroxylation sites is 2. The fourth-order valence-electron chi connectivity index (χ4n) is 6.22. The van der Waals surface area contributed by atoms with Crippen LogP contribution in [0.25, 0.3) is 16.9 Å². The number of hydrogen-bond acceptors (Lipinski definition) is 9. The Morgan fingerprint density at radius 2 is 1.67 bits per heavy atom. The van der Waals surface area contributed by atoms with Gasteiger partial charge in [0.05, 0.1) is 30.4 Å². The SMILES string of the molecule is C[C@H](Nc1nc(N2CCOCC2)cc(-n2c(C(F)F)nc3ccccc32)n1)C(=O)N1CCC(N2CCC(O)CC2)CC1. The fourth-order valence-corrected chi connectivity index (χ4v) is 6.22. The number of imidazole rings is 1. The molecule has 1 amide bonds. The number of aliphatic hydroxyl groups is 1. The maximum absolute atomic E-state index is 14.2. The molecular weight excluding hydrogens is 546 g/mol. The molecule has 0 bridgehead atoms. The number of ether oxygens (including phenoxy) is 1. The number of rotatable bonds is 7. The highest BCUT2D eigenvalue weighted by molar-refractivity contribution is 5.84. The molecule has 0 saturated carbocycles. The minimum absolute atomic E-state index is 0.0502. The van der Waals surface area contributed by atoms with Crippen LogP contribution in [-0.2, 0) is 9.53 Å². The van der Waals surface area contributed by atoms with E-state index < -0.39 is 18.3 Å². The topological polar surface area (TPSA) is 112 Å². The lowest BCUT2D eigenvalue weighted by Gasteiger charge is -2.41. The number of carbonyl (C=O) groups is 1. The smallest absolute Gasteiger partial charge is 0.296 e. The molecule has 6 rings (SSSR count). The van der Waals surface area contributed by atoms with Crippen molar-refractivity contribution in [2.45, 2.75) is 57.2 Å². The zero-order valence-corrected chi connectivity index (χ0v) is 23.8. The Morgan fingerprint density at radius 3 is 2.38 bits per heavy atom. The van der Waals surface area contributed by atoms with E-state index in [4.69, 9.17) is 9.72 Å². The first kappa shape index (κ1) is 28.7. The van der Waals surface area contributed by atoms with Crippen LogP contribution in [0.4, 0.5) is 20.5 Å². The number of piperidine rings is 2. The van der Waals surface area contributed by atoms with Crippen molar-refractivity contribution in [2.75, 3.05) is 62.7 Å². The molecule has 1 atom stereocenters. The predicted octanol–water partition coefficient (Wildman–Crippen LogP) is 2.84. The van der Waals surface area contributed by atoms with E-state index in [1.165, 1.54) is 4.57 Å². The third-order valence-electron chi connectivity index (χ3n) is 8.55. The van der Waals surface area contributed by atoms with E-state index in [0.29, 0.717) is 62.3 Å². The molecule has 5 heterocycles. The molecule has 3 aliphatic rings. The summed E-state index contributed by atoms with van der Waals surface area (Å²) in [5, 5.41) is 13.0. The van der Waals surface area contributed by atoms with Gasteiger partial charge in [0.25, 0.3) is 6.43 Å². The van der Waals surface area contributed by atoms with Crippen LogP contribution >= 0.6 is 0 Å². The van der Waals surface area contributed by atoms with Crippen molar-refractivity contribution in [3.05, 3.63) is 36.2 Å². The number of hydrogen-bond donors (Lipinski definition) is 2. The second kappa shape index (κ2) is 12.4. The Morgan fingerprint density at radius 1 is 0.976 bits per heavy atom. The third kappa shape index (κ3) is 6.04. The molecule has 3 aliphatic heterocycles. The largest absolute Gasteiger partial charge is 0.393 e. The molecular formula is C29H38F2N8O3. The van der Waals surface area contributed by atoms with Crippen LogP contribution in [0.1, 0.15) is 44.9 Å². The number of alkyl halides is 2. The quantitative estimate of drug-likeness (QED) is 0.433. The van der Waals surface area contributed by atoms with Crippen LogP contribution in [0.5, 0.6) is 0 Å². The van der Waals surface area contributed by atoms with E-state index in [1.54, 1.807) is 37.3 Å². The van der Waals surface area contributed by atoms with E-state index in [0.717, 1.165) is 38.8 Å². The summed E-state index contributed by atoms with van der Waals surface area (Å²) in [4.78, 5) is 33.3. The second-order valence-electron chi connectivity index (χ2n) is 11.3. The Labute approximate surface area is 243 Å².